The molecule has 16 heavy (non-hydrogen) atoms. The molecule has 0 spiro atoms. The van der Waals surface area contributed by atoms with Crippen molar-refractivity contribution in [1.29, 1.82) is 0 Å². The van der Waals surface area contributed by atoms with Gasteiger partial charge in [0.05, 0.1) is 0 Å². The number of aliphatic carboxylic acids is 1. The summed E-state index contributed by atoms with van der Waals surface area (Å²) in [4.78, 5) is 10.7. The van der Waals surface area contributed by atoms with Crippen molar-refractivity contribution >= 4 is 5.97 Å². The Morgan fingerprint density at radius 2 is 2.00 bits per heavy atom. The van der Waals surface area contributed by atoms with E-state index >= 15 is 0 Å². The lowest BCUT2D eigenvalue weighted by Crippen LogP contribution is -2.06. The lowest BCUT2D eigenvalue weighted by atomic mass is 9.88. The number of allylic oxidation sites excluding steroid dienone is 1. The normalized spacial score (nSPS) is 15.9. The summed E-state index contributed by atoms with van der Waals surface area (Å²) in [5.41, 5.74) is 0.477. The van der Waals surface area contributed by atoms with E-state index in [1.54, 1.807) is 6.92 Å². The molecule has 2 nitrogen and oxygen atoms in total. The Kier molecular flexibility index (Phi) is 7.96. The molecule has 1 N–H and O–H groups in total. The van der Waals surface area contributed by atoms with Crippen molar-refractivity contribution < 1.29 is 9.90 Å². The van der Waals surface area contributed by atoms with E-state index in [0.717, 1.165) is 12.3 Å². The van der Waals surface area contributed by atoms with Gasteiger partial charge in [0, 0.05) is 5.57 Å². The predicted octanol–water partition coefficient (Wildman–Crippen LogP) is 4.26. The van der Waals surface area contributed by atoms with Gasteiger partial charge < -0.3 is 5.11 Å². The maximum absolute atomic E-state index is 10.7. The highest BCUT2D eigenvalue weighted by molar-refractivity contribution is 5.85. The first-order valence-electron chi connectivity index (χ1n) is 6.41. The minimum absolute atomic E-state index is 0.477. The summed E-state index contributed by atoms with van der Waals surface area (Å²) < 4.78 is 0. The van der Waals surface area contributed by atoms with E-state index in [2.05, 4.69) is 20.8 Å². The molecule has 0 aromatic heterocycles. The molecule has 0 aliphatic carbocycles. The number of rotatable bonds is 8. The summed E-state index contributed by atoms with van der Waals surface area (Å²) in [6.07, 6.45) is 7.60. The highest BCUT2D eigenvalue weighted by Gasteiger charge is 2.11. The second-order valence-corrected chi connectivity index (χ2v) is 4.83. The van der Waals surface area contributed by atoms with Crippen molar-refractivity contribution in [2.75, 3.05) is 0 Å². The van der Waals surface area contributed by atoms with Gasteiger partial charge in [0.15, 0.2) is 0 Å². The van der Waals surface area contributed by atoms with E-state index in [1.807, 2.05) is 6.08 Å². The maximum Gasteiger partial charge on any atom is 0.330 e. The predicted molar refractivity (Wildman–Crippen MR) is 68.5 cm³/mol. The SMILES string of the molecule is CCCC(CC=C(C)C(=O)O)CC(C)CC. The Labute approximate surface area is 99.7 Å². The van der Waals surface area contributed by atoms with Crippen LogP contribution in [-0.2, 0) is 4.79 Å². The van der Waals surface area contributed by atoms with E-state index < -0.39 is 5.97 Å². The first-order valence-corrected chi connectivity index (χ1v) is 6.41. The number of hydrogen-bond donors (Lipinski definition) is 1. The standard InChI is InChI=1S/C14H26O2/c1-5-7-13(10-11(3)6-2)9-8-12(4)14(15)16/h8,11,13H,5-7,9-10H2,1-4H3,(H,15,16). The van der Waals surface area contributed by atoms with Crippen LogP contribution in [0, 0.1) is 11.8 Å². The van der Waals surface area contributed by atoms with Gasteiger partial charge in [-0.2, -0.15) is 0 Å². The van der Waals surface area contributed by atoms with E-state index in [4.69, 9.17) is 5.11 Å². The topological polar surface area (TPSA) is 37.3 Å². The van der Waals surface area contributed by atoms with Gasteiger partial charge in [0.2, 0.25) is 0 Å². The summed E-state index contributed by atoms with van der Waals surface area (Å²) in [5, 5.41) is 8.78. The molecule has 0 fully saturated rings. The van der Waals surface area contributed by atoms with Crippen molar-refractivity contribution in [3.63, 3.8) is 0 Å². The van der Waals surface area contributed by atoms with Crippen LogP contribution < -0.4 is 0 Å². The molecule has 0 saturated carbocycles. The molecule has 0 amide bonds. The lowest BCUT2D eigenvalue weighted by Gasteiger charge is -2.18. The van der Waals surface area contributed by atoms with Crippen LogP contribution in [0.25, 0.3) is 0 Å². The average molecular weight is 226 g/mol. The molecule has 0 aliphatic rings. The van der Waals surface area contributed by atoms with Crippen LogP contribution >= 0.6 is 0 Å². The fourth-order valence-corrected chi connectivity index (χ4v) is 1.91. The molecule has 2 atom stereocenters. The largest absolute Gasteiger partial charge is 0.478 e. The third-order valence-corrected chi connectivity index (χ3v) is 3.22. The third-order valence-electron chi connectivity index (χ3n) is 3.22. The molecule has 2 heteroatoms. The Bertz CT molecular complexity index is 231. The Balaban J connectivity index is 4.22. The minimum atomic E-state index is -0.793. The zero-order valence-corrected chi connectivity index (χ0v) is 11.1. The number of carbonyl (C=O) groups is 1. The van der Waals surface area contributed by atoms with E-state index in [1.165, 1.54) is 25.7 Å². The molecular weight excluding hydrogens is 200 g/mol. The van der Waals surface area contributed by atoms with E-state index in [-0.39, 0.29) is 0 Å². The summed E-state index contributed by atoms with van der Waals surface area (Å²) >= 11 is 0. The van der Waals surface area contributed by atoms with Crippen LogP contribution in [0.1, 0.15) is 59.8 Å². The molecule has 0 aromatic carbocycles. The van der Waals surface area contributed by atoms with Crippen LogP contribution in [0.5, 0.6) is 0 Å². The van der Waals surface area contributed by atoms with E-state index in [0.29, 0.717) is 11.5 Å². The summed E-state index contributed by atoms with van der Waals surface area (Å²) in [6, 6.07) is 0. The molecule has 0 rings (SSSR count). The van der Waals surface area contributed by atoms with Crippen LogP contribution in [0.15, 0.2) is 11.6 Å². The lowest BCUT2D eigenvalue weighted by molar-refractivity contribution is -0.132. The number of carboxylic acids is 1. The Morgan fingerprint density at radius 3 is 2.44 bits per heavy atom. The highest BCUT2D eigenvalue weighted by Crippen LogP contribution is 2.23. The van der Waals surface area contributed by atoms with Gasteiger partial charge in [-0.15, -0.1) is 0 Å². The van der Waals surface area contributed by atoms with Crippen molar-refractivity contribution in [2.24, 2.45) is 11.8 Å². The van der Waals surface area contributed by atoms with Gasteiger partial charge in [0.25, 0.3) is 0 Å². The van der Waals surface area contributed by atoms with Crippen molar-refractivity contribution in [3.8, 4) is 0 Å². The maximum atomic E-state index is 10.7. The summed E-state index contributed by atoms with van der Waals surface area (Å²) in [6.45, 7) is 8.36. The van der Waals surface area contributed by atoms with Crippen LogP contribution in [0.4, 0.5) is 0 Å². The molecule has 94 valence electrons. The molecule has 0 heterocycles. The van der Waals surface area contributed by atoms with Crippen molar-refractivity contribution in [3.05, 3.63) is 11.6 Å². The zero-order valence-electron chi connectivity index (χ0n) is 11.1. The van der Waals surface area contributed by atoms with Gasteiger partial charge in [-0.3, -0.25) is 0 Å². The Morgan fingerprint density at radius 1 is 1.38 bits per heavy atom. The van der Waals surface area contributed by atoms with Crippen LogP contribution in [0.2, 0.25) is 0 Å². The van der Waals surface area contributed by atoms with Crippen molar-refractivity contribution in [2.45, 2.75) is 59.8 Å². The second kappa shape index (κ2) is 8.37. The molecular formula is C14H26O2. The van der Waals surface area contributed by atoms with Crippen LogP contribution in [0.3, 0.4) is 0 Å². The zero-order chi connectivity index (χ0) is 12.6. The van der Waals surface area contributed by atoms with Crippen LogP contribution in [-0.4, -0.2) is 11.1 Å². The Hall–Kier alpha value is -0.790. The third kappa shape index (κ3) is 6.65. The number of carboxylic acid groups (broad SMARTS) is 1. The minimum Gasteiger partial charge on any atom is -0.478 e. The monoisotopic (exact) mass is 226 g/mol. The molecule has 2 unspecified atom stereocenters. The van der Waals surface area contributed by atoms with Gasteiger partial charge in [-0.25, -0.2) is 4.79 Å². The molecule has 0 radical (unpaired) electrons. The van der Waals surface area contributed by atoms with Crippen molar-refractivity contribution in [1.82, 2.24) is 0 Å². The first-order chi connectivity index (χ1) is 7.51. The first kappa shape index (κ1) is 15.2. The number of hydrogen-bond acceptors (Lipinski definition) is 1. The van der Waals surface area contributed by atoms with Gasteiger partial charge in [-0.1, -0.05) is 46.1 Å². The summed E-state index contributed by atoms with van der Waals surface area (Å²) in [5.74, 6) is 0.600. The fourth-order valence-electron chi connectivity index (χ4n) is 1.91. The van der Waals surface area contributed by atoms with Gasteiger partial charge in [0.1, 0.15) is 0 Å². The fraction of sp³-hybridized carbons (Fsp3) is 0.786. The van der Waals surface area contributed by atoms with Gasteiger partial charge >= 0.3 is 5.97 Å². The molecule has 0 saturated heterocycles. The van der Waals surface area contributed by atoms with E-state index in [9.17, 15) is 4.79 Å². The van der Waals surface area contributed by atoms with Gasteiger partial charge in [-0.05, 0) is 31.6 Å². The molecule has 0 aromatic rings. The summed E-state index contributed by atoms with van der Waals surface area (Å²) in [7, 11) is 0. The highest BCUT2D eigenvalue weighted by atomic mass is 16.4. The second-order valence-electron chi connectivity index (χ2n) is 4.83. The quantitative estimate of drug-likeness (QED) is 0.628. The molecule has 0 bridgehead atoms. The molecule has 0 aliphatic heterocycles. The average Bonchev–Trinajstić information content (AvgIpc) is 2.25. The smallest absolute Gasteiger partial charge is 0.330 e.